The Kier molecular flexibility index (Phi) is 6.36. The molecule has 6 nitrogen and oxygen atoms in total. The van der Waals surface area contributed by atoms with E-state index in [-0.39, 0.29) is 17.5 Å². The fraction of sp³-hybridized carbons (Fsp3) is 0.0800. The lowest BCUT2D eigenvalue weighted by molar-refractivity contribution is 0.337. The molecule has 0 aliphatic heterocycles. The van der Waals surface area contributed by atoms with Crippen LogP contribution in [0.1, 0.15) is 12.5 Å². The topological polar surface area (TPSA) is 79.6 Å². The molecular formula is C25H21FN4O2. The van der Waals surface area contributed by atoms with Crippen LogP contribution in [0.2, 0.25) is 0 Å². The van der Waals surface area contributed by atoms with E-state index in [1.807, 2.05) is 43.3 Å². The van der Waals surface area contributed by atoms with Gasteiger partial charge in [0.2, 0.25) is 5.95 Å². The Morgan fingerprint density at radius 3 is 2.28 bits per heavy atom. The van der Waals surface area contributed by atoms with E-state index >= 15 is 0 Å². The number of hydrogen-bond acceptors (Lipinski definition) is 6. The number of aromatic hydroxyl groups is 1. The van der Waals surface area contributed by atoms with Crippen LogP contribution in [0, 0.1) is 5.82 Å². The lowest BCUT2D eigenvalue weighted by Gasteiger charge is -2.08. The van der Waals surface area contributed by atoms with Crippen LogP contribution >= 0.6 is 0 Å². The molecule has 2 N–H and O–H groups in total. The highest BCUT2D eigenvalue weighted by Gasteiger charge is 2.09. The van der Waals surface area contributed by atoms with Gasteiger partial charge in [0, 0.05) is 22.8 Å². The highest BCUT2D eigenvalue weighted by Crippen LogP contribution is 2.26. The van der Waals surface area contributed by atoms with Gasteiger partial charge in [-0.2, -0.15) is 5.10 Å². The Labute approximate surface area is 185 Å². The normalized spacial score (nSPS) is 10.9. The first-order valence-corrected chi connectivity index (χ1v) is 10.1. The van der Waals surface area contributed by atoms with E-state index in [0.29, 0.717) is 29.3 Å². The number of phenols is 1. The van der Waals surface area contributed by atoms with E-state index in [1.165, 1.54) is 24.4 Å². The van der Waals surface area contributed by atoms with Gasteiger partial charge in [0.05, 0.1) is 24.2 Å². The number of hydrazone groups is 1. The maximum atomic E-state index is 13.4. The molecule has 3 aromatic carbocycles. The summed E-state index contributed by atoms with van der Waals surface area (Å²) in [4.78, 5) is 9.06. The summed E-state index contributed by atoms with van der Waals surface area (Å²) in [5.41, 5.74) is 6.32. The first-order chi connectivity index (χ1) is 15.6. The second-order valence-electron chi connectivity index (χ2n) is 6.86. The van der Waals surface area contributed by atoms with Crippen LogP contribution in [0.25, 0.3) is 22.5 Å². The SMILES string of the molecule is CCOc1ccc(/C=N/Nc2nc(-c3ccccc3)cc(-c3ccc(F)cc3)n2)c(O)c1. The minimum absolute atomic E-state index is 0.0486. The molecule has 0 atom stereocenters. The maximum absolute atomic E-state index is 13.4. The van der Waals surface area contributed by atoms with Crippen molar-refractivity contribution < 1.29 is 14.2 Å². The van der Waals surface area contributed by atoms with E-state index < -0.39 is 0 Å². The molecule has 0 amide bonds. The third kappa shape index (κ3) is 5.07. The van der Waals surface area contributed by atoms with Crippen molar-refractivity contribution >= 4 is 12.2 Å². The molecule has 4 rings (SSSR count). The number of phenolic OH excluding ortho intramolecular Hbond substituents is 1. The third-order valence-electron chi connectivity index (χ3n) is 4.62. The quantitative estimate of drug-likeness (QED) is 0.300. The minimum atomic E-state index is -0.316. The van der Waals surface area contributed by atoms with Crippen molar-refractivity contribution in [2.75, 3.05) is 12.0 Å². The average Bonchev–Trinajstić information content (AvgIpc) is 2.81. The lowest BCUT2D eigenvalue weighted by atomic mass is 10.1. The Balaban J connectivity index is 1.63. The van der Waals surface area contributed by atoms with Gasteiger partial charge in [0.25, 0.3) is 0 Å². The number of anilines is 1. The van der Waals surface area contributed by atoms with Crippen molar-refractivity contribution in [3.63, 3.8) is 0 Å². The summed E-state index contributed by atoms with van der Waals surface area (Å²) in [6, 6.07) is 22.6. The number of nitrogens with one attached hydrogen (secondary N) is 1. The number of benzene rings is 3. The van der Waals surface area contributed by atoms with Gasteiger partial charge < -0.3 is 9.84 Å². The molecule has 0 fully saturated rings. The number of nitrogens with zero attached hydrogens (tertiary/aromatic N) is 3. The first kappa shape index (κ1) is 21.0. The molecule has 0 aliphatic rings. The second-order valence-corrected chi connectivity index (χ2v) is 6.86. The molecular weight excluding hydrogens is 407 g/mol. The second kappa shape index (κ2) is 9.70. The van der Waals surface area contributed by atoms with Gasteiger partial charge in [-0.1, -0.05) is 30.3 Å². The van der Waals surface area contributed by atoms with Crippen molar-refractivity contribution in [1.29, 1.82) is 0 Å². The van der Waals surface area contributed by atoms with Gasteiger partial charge in [-0.25, -0.2) is 19.8 Å². The fourth-order valence-electron chi connectivity index (χ4n) is 3.07. The molecule has 7 heteroatoms. The van der Waals surface area contributed by atoms with Crippen LogP contribution in [0.3, 0.4) is 0 Å². The minimum Gasteiger partial charge on any atom is -0.507 e. The van der Waals surface area contributed by atoms with Crippen molar-refractivity contribution in [1.82, 2.24) is 9.97 Å². The smallest absolute Gasteiger partial charge is 0.244 e. The summed E-state index contributed by atoms with van der Waals surface area (Å²) in [5, 5.41) is 14.3. The molecule has 0 unspecified atom stereocenters. The average molecular weight is 428 g/mol. The van der Waals surface area contributed by atoms with E-state index in [1.54, 1.807) is 24.3 Å². The largest absolute Gasteiger partial charge is 0.507 e. The summed E-state index contributed by atoms with van der Waals surface area (Å²) in [6.45, 7) is 2.39. The van der Waals surface area contributed by atoms with Crippen molar-refractivity contribution in [2.45, 2.75) is 6.92 Å². The van der Waals surface area contributed by atoms with E-state index in [4.69, 9.17) is 4.74 Å². The molecule has 0 saturated carbocycles. The number of hydrogen-bond donors (Lipinski definition) is 2. The predicted octanol–water partition coefficient (Wildman–Crippen LogP) is 5.50. The van der Waals surface area contributed by atoms with Crippen LogP contribution in [-0.2, 0) is 0 Å². The Morgan fingerprint density at radius 1 is 0.938 bits per heavy atom. The molecule has 0 radical (unpaired) electrons. The van der Waals surface area contributed by atoms with Gasteiger partial charge in [0.1, 0.15) is 17.3 Å². The lowest BCUT2D eigenvalue weighted by Crippen LogP contribution is -2.00. The molecule has 1 aromatic heterocycles. The van der Waals surface area contributed by atoms with Crippen molar-refractivity contribution in [3.05, 3.63) is 90.2 Å². The van der Waals surface area contributed by atoms with Crippen LogP contribution in [0.4, 0.5) is 10.3 Å². The van der Waals surface area contributed by atoms with Crippen LogP contribution in [0.15, 0.2) is 84.0 Å². The fourth-order valence-corrected chi connectivity index (χ4v) is 3.07. The number of aromatic nitrogens is 2. The highest BCUT2D eigenvalue weighted by molar-refractivity contribution is 5.84. The predicted molar refractivity (Wildman–Crippen MR) is 123 cm³/mol. The van der Waals surface area contributed by atoms with Gasteiger partial charge in [-0.3, -0.25) is 0 Å². The summed E-state index contributed by atoms with van der Waals surface area (Å²) >= 11 is 0. The molecule has 32 heavy (non-hydrogen) atoms. The molecule has 0 aliphatic carbocycles. The van der Waals surface area contributed by atoms with E-state index in [0.717, 1.165) is 11.1 Å². The number of rotatable bonds is 7. The number of ether oxygens (including phenoxy) is 1. The third-order valence-corrected chi connectivity index (χ3v) is 4.62. The zero-order chi connectivity index (χ0) is 22.3. The zero-order valence-electron chi connectivity index (χ0n) is 17.4. The Hall–Kier alpha value is -4.26. The van der Waals surface area contributed by atoms with Gasteiger partial charge in [-0.15, -0.1) is 0 Å². The van der Waals surface area contributed by atoms with Crippen molar-refractivity contribution in [2.24, 2.45) is 5.10 Å². The molecule has 0 saturated heterocycles. The van der Waals surface area contributed by atoms with E-state index in [2.05, 4.69) is 20.5 Å². The summed E-state index contributed by atoms with van der Waals surface area (Å²) < 4.78 is 18.7. The zero-order valence-corrected chi connectivity index (χ0v) is 17.4. The standard InChI is InChI=1S/C25H21FN4O2/c1-2-32-21-13-10-19(24(31)14-21)16-27-30-25-28-22(17-6-4-3-5-7-17)15-23(29-25)18-8-11-20(26)12-9-18/h3-16,31H,2H2,1H3,(H,28,29,30)/b27-16+. The molecule has 0 bridgehead atoms. The summed E-state index contributed by atoms with van der Waals surface area (Å²) in [7, 11) is 0. The van der Waals surface area contributed by atoms with Crippen LogP contribution < -0.4 is 10.2 Å². The van der Waals surface area contributed by atoms with Crippen LogP contribution in [-0.4, -0.2) is 27.9 Å². The Morgan fingerprint density at radius 2 is 1.62 bits per heavy atom. The summed E-state index contributed by atoms with van der Waals surface area (Å²) in [5.74, 6) is 0.585. The maximum Gasteiger partial charge on any atom is 0.244 e. The molecule has 0 spiro atoms. The van der Waals surface area contributed by atoms with Crippen LogP contribution in [0.5, 0.6) is 11.5 Å². The van der Waals surface area contributed by atoms with Gasteiger partial charge >= 0.3 is 0 Å². The molecule has 160 valence electrons. The van der Waals surface area contributed by atoms with E-state index in [9.17, 15) is 9.50 Å². The monoisotopic (exact) mass is 428 g/mol. The highest BCUT2D eigenvalue weighted by atomic mass is 19.1. The van der Waals surface area contributed by atoms with Gasteiger partial charge in [0.15, 0.2) is 0 Å². The molecule has 1 heterocycles. The summed E-state index contributed by atoms with van der Waals surface area (Å²) in [6.07, 6.45) is 1.47. The van der Waals surface area contributed by atoms with Crippen molar-refractivity contribution in [3.8, 4) is 34.0 Å². The Bertz CT molecular complexity index is 1230. The molecule has 4 aromatic rings. The number of halogens is 1. The first-order valence-electron chi connectivity index (χ1n) is 10.1. The van der Waals surface area contributed by atoms with Gasteiger partial charge in [-0.05, 0) is 49.4 Å².